The van der Waals surface area contributed by atoms with E-state index in [2.05, 4.69) is 10.3 Å². The SMILES string of the molecule is CCn1nnc(CO)c1CCCOc1ccccc1. The molecule has 1 N–H and O–H groups in total. The Morgan fingerprint density at radius 2 is 2.05 bits per heavy atom. The second kappa shape index (κ2) is 6.89. The lowest BCUT2D eigenvalue weighted by molar-refractivity contribution is 0.274. The number of aromatic nitrogens is 3. The van der Waals surface area contributed by atoms with Crippen molar-refractivity contribution in [3.8, 4) is 5.75 Å². The Hall–Kier alpha value is -1.88. The minimum absolute atomic E-state index is 0.0606. The average Bonchev–Trinajstić information content (AvgIpc) is 2.86. The van der Waals surface area contributed by atoms with Crippen molar-refractivity contribution >= 4 is 0 Å². The molecule has 1 aromatic heterocycles. The molecule has 0 aliphatic heterocycles. The minimum Gasteiger partial charge on any atom is -0.494 e. The molecule has 0 atom stereocenters. The minimum atomic E-state index is -0.0606. The lowest BCUT2D eigenvalue weighted by Gasteiger charge is -2.07. The summed E-state index contributed by atoms with van der Waals surface area (Å²) in [7, 11) is 0. The average molecular weight is 261 g/mol. The van der Waals surface area contributed by atoms with E-state index >= 15 is 0 Å². The molecule has 19 heavy (non-hydrogen) atoms. The van der Waals surface area contributed by atoms with Gasteiger partial charge in [0.1, 0.15) is 11.4 Å². The second-order valence-electron chi connectivity index (χ2n) is 4.22. The summed E-state index contributed by atoms with van der Waals surface area (Å²) in [5.74, 6) is 0.881. The Morgan fingerprint density at radius 1 is 1.26 bits per heavy atom. The fourth-order valence-corrected chi connectivity index (χ4v) is 1.97. The van der Waals surface area contributed by atoms with Crippen LogP contribution in [0.3, 0.4) is 0 Å². The van der Waals surface area contributed by atoms with Gasteiger partial charge >= 0.3 is 0 Å². The molecule has 102 valence electrons. The van der Waals surface area contributed by atoms with Gasteiger partial charge in [-0.25, -0.2) is 4.68 Å². The fourth-order valence-electron chi connectivity index (χ4n) is 1.97. The lowest BCUT2D eigenvalue weighted by Crippen LogP contribution is -2.07. The molecule has 5 heteroatoms. The van der Waals surface area contributed by atoms with Crippen LogP contribution in [0.4, 0.5) is 0 Å². The number of aryl methyl sites for hydroxylation is 1. The second-order valence-corrected chi connectivity index (χ2v) is 4.22. The van der Waals surface area contributed by atoms with Crippen molar-refractivity contribution in [1.82, 2.24) is 15.0 Å². The van der Waals surface area contributed by atoms with Gasteiger partial charge in [-0.15, -0.1) is 5.10 Å². The molecule has 0 fully saturated rings. The molecule has 5 nitrogen and oxygen atoms in total. The number of para-hydroxylation sites is 1. The van der Waals surface area contributed by atoms with Crippen LogP contribution >= 0.6 is 0 Å². The van der Waals surface area contributed by atoms with Crippen LogP contribution in [-0.4, -0.2) is 26.7 Å². The van der Waals surface area contributed by atoms with Gasteiger partial charge in [-0.3, -0.25) is 0 Å². The van der Waals surface area contributed by atoms with Crippen molar-refractivity contribution < 1.29 is 9.84 Å². The number of hydrogen-bond acceptors (Lipinski definition) is 4. The Morgan fingerprint density at radius 3 is 2.74 bits per heavy atom. The van der Waals surface area contributed by atoms with Gasteiger partial charge in [0.25, 0.3) is 0 Å². The number of ether oxygens (including phenoxy) is 1. The number of aliphatic hydroxyl groups excluding tert-OH is 1. The van der Waals surface area contributed by atoms with Crippen LogP contribution in [0.15, 0.2) is 30.3 Å². The van der Waals surface area contributed by atoms with E-state index in [0.717, 1.165) is 30.8 Å². The smallest absolute Gasteiger partial charge is 0.119 e. The van der Waals surface area contributed by atoms with E-state index in [4.69, 9.17) is 4.74 Å². The highest BCUT2D eigenvalue weighted by molar-refractivity contribution is 5.20. The molecule has 0 aliphatic rings. The van der Waals surface area contributed by atoms with E-state index in [0.29, 0.717) is 12.3 Å². The molecule has 2 rings (SSSR count). The molecule has 0 radical (unpaired) electrons. The van der Waals surface area contributed by atoms with Gasteiger partial charge in [-0.1, -0.05) is 23.4 Å². The molecular weight excluding hydrogens is 242 g/mol. The number of benzene rings is 1. The zero-order valence-electron chi connectivity index (χ0n) is 11.1. The summed E-state index contributed by atoms with van der Waals surface area (Å²) in [6.45, 7) is 3.36. The first-order chi connectivity index (χ1) is 9.35. The van der Waals surface area contributed by atoms with Crippen LogP contribution in [0, 0.1) is 0 Å². The van der Waals surface area contributed by atoms with Crippen molar-refractivity contribution in [3.63, 3.8) is 0 Å². The Kier molecular flexibility index (Phi) is 4.92. The van der Waals surface area contributed by atoms with Crippen LogP contribution in [0.5, 0.6) is 5.75 Å². The quantitative estimate of drug-likeness (QED) is 0.772. The number of rotatable bonds is 7. The van der Waals surface area contributed by atoms with E-state index < -0.39 is 0 Å². The van der Waals surface area contributed by atoms with Crippen LogP contribution in [-0.2, 0) is 19.6 Å². The largest absolute Gasteiger partial charge is 0.494 e. The van der Waals surface area contributed by atoms with Crippen LogP contribution in [0.1, 0.15) is 24.7 Å². The van der Waals surface area contributed by atoms with Gasteiger partial charge in [-0.05, 0) is 31.9 Å². The molecule has 2 aromatic rings. The highest BCUT2D eigenvalue weighted by atomic mass is 16.5. The normalized spacial score (nSPS) is 10.6. The summed E-state index contributed by atoms with van der Waals surface area (Å²) in [5.41, 5.74) is 1.67. The highest BCUT2D eigenvalue weighted by Crippen LogP contribution is 2.11. The van der Waals surface area contributed by atoms with Gasteiger partial charge < -0.3 is 9.84 Å². The van der Waals surface area contributed by atoms with E-state index in [9.17, 15) is 5.11 Å². The van der Waals surface area contributed by atoms with Crippen LogP contribution in [0.2, 0.25) is 0 Å². The summed E-state index contributed by atoms with van der Waals surface area (Å²) in [6.07, 6.45) is 1.68. The zero-order valence-corrected chi connectivity index (χ0v) is 11.1. The summed E-state index contributed by atoms with van der Waals surface area (Å²) >= 11 is 0. The number of aliphatic hydroxyl groups is 1. The first kappa shape index (κ1) is 13.5. The first-order valence-electron chi connectivity index (χ1n) is 6.55. The van der Waals surface area contributed by atoms with Gasteiger partial charge in [0.2, 0.25) is 0 Å². The molecule has 0 bridgehead atoms. The predicted octanol–water partition coefficient (Wildman–Crippen LogP) is 1.80. The molecule has 1 aromatic carbocycles. The van der Waals surface area contributed by atoms with E-state index in [1.54, 1.807) is 0 Å². The van der Waals surface area contributed by atoms with Gasteiger partial charge in [0, 0.05) is 6.54 Å². The molecule has 0 amide bonds. The number of hydrogen-bond donors (Lipinski definition) is 1. The van der Waals surface area contributed by atoms with Gasteiger partial charge in [0.05, 0.1) is 18.9 Å². The highest BCUT2D eigenvalue weighted by Gasteiger charge is 2.10. The van der Waals surface area contributed by atoms with E-state index in [1.807, 2.05) is 41.9 Å². The third-order valence-electron chi connectivity index (χ3n) is 2.94. The van der Waals surface area contributed by atoms with Crippen molar-refractivity contribution in [1.29, 1.82) is 0 Å². The van der Waals surface area contributed by atoms with Crippen molar-refractivity contribution in [3.05, 3.63) is 41.7 Å². The monoisotopic (exact) mass is 261 g/mol. The fraction of sp³-hybridized carbons (Fsp3) is 0.429. The summed E-state index contributed by atoms with van der Waals surface area (Å²) in [5, 5.41) is 17.2. The van der Waals surface area contributed by atoms with E-state index in [-0.39, 0.29) is 6.61 Å². The van der Waals surface area contributed by atoms with Gasteiger partial charge in [-0.2, -0.15) is 0 Å². The Labute approximate surface area is 112 Å². The van der Waals surface area contributed by atoms with Crippen LogP contribution < -0.4 is 4.74 Å². The third kappa shape index (κ3) is 3.54. The summed E-state index contributed by atoms with van der Waals surface area (Å²) < 4.78 is 7.47. The molecule has 0 saturated carbocycles. The maximum absolute atomic E-state index is 9.21. The molecular formula is C14H19N3O2. The Balaban J connectivity index is 1.84. The standard InChI is InChI=1S/C14H19N3O2/c1-2-17-14(13(11-18)15-16-17)9-6-10-19-12-7-4-3-5-8-12/h3-5,7-8,18H,2,6,9-11H2,1H3. The maximum Gasteiger partial charge on any atom is 0.119 e. The molecule has 1 heterocycles. The molecule has 0 spiro atoms. The molecule has 0 unspecified atom stereocenters. The first-order valence-corrected chi connectivity index (χ1v) is 6.55. The van der Waals surface area contributed by atoms with Crippen LogP contribution in [0.25, 0.3) is 0 Å². The zero-order chi connectivity index (χ0) is 13.5. The number of nitrogens with zero attached hydrogens (tertiary/aromatic N) is 3. The topological polar surface area (TPSA) is 60.2 Å². The van der Waals surface area contributed by atoms with Crippen molar-refractivity contribution in [2.24, 2.45) is 0 Å². The predicted molar refractivity (Wildman–Crippen MR) is 71.9 cm³/mol. The van der Waals surface area contributed by atoms with E-state index in [1.165, 1.54) is 0 Å². The van der Waals surface area contributed by atoms with Gasteiger partial charge in [0.15, 0.2) is 0 Å². The Bertz CT molecular complexity index is 475. The lowest BCUT2D eigenvalue weighted by atomic mass is 10.2. The van der Waals surface area contributed by atoms with Crippen molar-refractivity contribution in [2.75, 3.05) is 6.61 Å². The molecule has 0 aliphatic carbocycles. The summed E-state index contributed by atoms with van der Waals surface area (Å²) in [4.78, 5) is 0. The third-order valence-corrected chi connectivity index (χ3v) is 2.94. The maximum atomic E-state index is 9.21. The molecule has 0 saturated heterocycles. The van der Waals surface area contributed by atoms with Crippen molar-refractivity contribution in [2.45, 2.75) is 32.9 Å². The summed E-state index contributed by atoms with van der Waals surface area (Å²) in [6, 6.07) is 9.75.